The SMILES string of the molecule is COc1ccc(OC)c(-c2ccc(F)c(C(=O)O)c2)c1. The normalized spacial score (nSPS) is 10.2. The van der Waals surface area contributed by atoms with Crippen molar-refractivity contribution in [3.63, 3.8) is 0 Å². The van der Waals surface area contributed by atoms with Gasteiger partial charge in [-0.25, -0.2) is 9.18 Å². The van der Waals surface area contributed by atoms with E-state index in [2.05, 4.69) is 0 Å². The lowest BCUT2D eigenvalue weighted by molar-refractivity contribution is 0.0692. The van der Waals surface area contributed by atoms with Crippen molar-refractivity contribution in [1.29, 1.82) is 0 Å². The fourth-order valence-corrected chi connectivity index (χ4v) is 1.90. The van der Waals surface area contributed by atoms with E-state index in [4.69, 9.17) is 14.6 Å². The lowest BCUT2D eigenvalue weighted by Crippen LogP contribution is -2.01. The number of carboxylic acid groups (broad SMARTS) is 1. The van der Waals surface area contributed by atoms with Crippen LogP contribution in [0.1, 0.15) is 10.4 Å². The van der Waals surface area contributed by atoms with E-state index in [9.17, 15) is 9.18 Å². The minimum atomic E-state index is -1.31. The van der Waals surface area contributed by atoms with Gasteiger partial charge in [0.2, 0.25) is 0 Å². The van der Waals surface area contributed by atoms with Crippen LogP contribution in [-0.4, -0.2) is 25.3 Å². The molecule has 0 saturated carbocycles. The molecule has 0 atom stereocenters. The van der Waals surface area contributed by atoms with E-state index in [0.717, 1.165) is 6.07 Å². The van der Waals surface area contributed by atoms with E-state index in [1.54, 1.807) is 18.2 Å². The number of hydrogen-bond donors (Lipinski definition) is 1. The molecule has 0 spiro atoms. The Morgan fingerprint density at radius 1 is 1.10 bits per heavy atom. The van der Waals surface area contributed by atoms with Crippen LogP contribution in [-0.2, 0) is 0 Å². The molecule has 0 bridgehead atoms. The maximum atomic E-state index is 13.4. The summed E-state index contributed by atoms with van der Waals surface area (Å²) >= 11 is 0. The highest BCUT2D eigenvalue weighted by molar-refractivity contribution is 5.90. The highest BCUT2D eigenvalue weighted by Crippen LogP contribution is 2.34. The van der Waals surface area contributed by atoms with E-state index >= 15 is 0 Å². The van der Waals surface area contributed by atoms with Gasteiger partial charge in [0.25, 0.3) is 0 Å². The van der Waals surface area contributed by atoms with Gasteiger partial charge in [-0.3, -0.25) is 0 Å². The number of carbonyl (C=O) groups is 1. The second kappa shape index (κ2) is 5.61. The molecule has 1 N–H and O–H groups in total. The van der Waals surface area contributed by atoms with E-state index in [0.29, 0.717) is 22.6 Å². The lowest BCUT2D eigenvalue weighted by Gasteiger charge is -2.11. The summed E-state index contributed by atoms with van der Waals surface area (Å²) in [6, 6.07) is 9.03. The largest absolute Gasteiger partial charge is 0.497 e. The standard InChI is InChI=1S/C15H13FO4/c1-19-10-4-6-14(20-2)11(8-10)9-3-5-13(16)12(7-9)15(17)18/h3-8H,1-2H3,(H,17,18). The van der Waals surface area contributed by atoms with Gasteiger partial charge in [-0.1, -0.05) is 6.07 Å². The molecule has 0 aliphatic heterocycles. The van der Waals surface area contributed by atoms with Crippen molar-refractivity contribution in [3.05, 3.63) is 47.8 Å². The van der Waals surface area contributed by atoms with Crippen LogP contribution < -0.4 is 9.47 Å². The highest BCUT2D eigenvalue weighted by Gasteiger charge is 2.14. The van der Waals surface area contributed by atoms with E-state index in [1.807, 2.05) is 0 Å². The maximum Gasteiger partial charge on any atom is 0.338 e. The number of aromatic carboxylic acids is 1. The molecular formula is C15H13FO4. The Labute approximate surface area is 115 Å². The predicted octanol–water partition coefficient (Wildman–Crippen LogP) is 3.21. The Morgan fingerprint density at radius 2 is 1.85 bits per heavy atom. The number of methoxy groups -OCH3 is 2. The van der Waals surface area contributed by atoms with Gasteiger partial charge in [0.15, 0.2) is 0 Å². The summed E-state index contributed by atoms with van der Waals surface area (Å²) in [5, 5.41) is 8.97. The topological polar surface area (TPSA) is 55.8 Å². The summed E-state index contributed by atoms with van der Waals surface area (Å²) in [5.41, 5.74) is 0.793. The van der Waals surface area contributed by atoms with Crippen LogP contribution in [0.15, 0.2) is 36.4 Å². The molecule has 20 heavy (non-hydrogen) atoms. The summed E-state index contributed by atoms with van der Waals surface area (Å²) in [7, 11) is 3.03. The quantitative estimate of drug-likeness (QED) is 0.931. The monoisotopic (exact) mass is 276 g/mol. The second-order valence-corrected chi connectivity index (χ2v) is 4.07. The van der Waals surface area contributed by atoms with Gasteiger partial charge in [0, 0.05) is 5.56 Å². The zero-order valence-electron chi connectivity index (χ0n) is 11.0. The molecule has 0 aliphatic carbocycles. The third kappa shape index (κ3) is 2.56. The summed E-state index contributed by atoms with van der Waals surface area (Å²) < 4.78 is 23.8. The number of hydrogen-bond acceptors (Lipinski definition) is 3. The van der Waals surface area contributed by atoms with Gasteiger partial charge >= 0.3 is 5.97 Å². The van der Waals surface area contributed by atoms with Crippen LogP contribution in [0.5, 0.6) is 11.5 Å². The highest BCUT2D eigenvalue weighted by atomic mass is 19.1. The van der Waals surface area contributed by atoms with Gasteiger partial charge in [0.1, 0.15) is 17.3 Å². The van der Waals surface area contributed by atoms with E-state index in [-0.39, 0.29) is 5.56 Å². The smallest absolute Gasteiger partial charge is 0.338 e. The van der Waals surface area contributed by atoms with Crippen molar-refractivity contribution in [2.24, 2.45) is 0 Å². The molecule has 104 valence electrons. The third-order valence-corrected chi connectivity index (χ3v) is 2.91. The van der Waals surface area contributed by atoms with Crippen LogP contribution in [0.4, 0.5) is 4.39 Å². The first-order chi connectivity index (χ1) is 9.56. The number of halogens is 1. The van der Waals surface area contributed by atoms with Gasteiger partial charge in [-0.15, -0.1) is 0 Å². The first-order valence-electron chi connectivity index (χ1n) is 5.82. The Hall–Kier alpha value is -2.56. The third-order valence-electron chi connectivity index (χ3n) is 2.91. The lowest BCUT2D eigenvalue weighted by atomic mass is 10.0. The molecule has 0 unspecified atom stereocenters. The molecule has 0 fully saturated rings. The van der Waals surface area contributed by atoms with Crippen LogP contribution in [0.2, 0.25) is 0 Å². The molecule has 0 aromatic heterocycles. The van der Waals surface area contributed by atoms with Gasteiger partial charge in [-0.05, 0) is 35.9 Å². The van der Waals surface area contributed by atoms with Crippen molar-refractivity contribution in [2.75, 3.05) is 14.2 Å². The molecule has 2 aromatic carbocycles. The van der Waals surface area contributed by atoms with Crippen molar-refractivity contribution in [2.45, 2.75) is 0 Å². The van der Waals surface area contributed by atoms with E-state index in [1.165, 1.54) is 26.4 Å². The Morgan fingerprint density at radius 3 is 2.45 bits per heavy atom. The van der Waals surface area contributed by atoms with Crippen LogP contribution in [0.25, 0.3) is 11.1 Å². The van der Waals surface area contributed by atoms with Crippen molar-refractivity contribution < 1.29 is 23.8 Å². The number of benzene rings is 2. The average molecular weight is 276 g/mol. The maximum absolute atomic E-state index is 13.4. The molecule has 4 nitrogen and oxygen atoms in total. The fourth-order valence-electron chi connectivity index (χ4n) is 1.90. The van der Waals surface area contributed by atoms with Gasteiger partial charge in [0.05, 0.1) is 19.8 Å². The molecular weight excluding hydrogens is 263 g/mol. The Bertz CT molecular complexity index is 652. The predicted molar refractivity (Wildman–Crippen MR) is 71.9 cm³/mol. The summed E-state index contributed by atoms with van der Waals surface area (Å²) in [4.78, 5) is 11.0. The second-order valence-electron chi connectivity index (χ2n) is 4.07. The van der Waals surface area contributed by atoms with Crippen molar-refractivity contribution in [3.8, 4) is 22.6 Å². The Balaban J connectivity index is 2.61. The number of carboxylic acids is 1. The molecule has 0 saturated heterocycles. The molecule has 0 amide bonds. The van der Waals surface area contributed by atoms with Crippen LogP contribution in [0, 0.1) is 5.82 Å². The van der Waals surface area contributed by atoms with Crippen LogP contribution >= 0.6 is 0 Å². The average Bonchev–Trinajstić information content (AvgIpc) is 2.46. The molecule has 0 heterocycles. The van der Waals surface area contributed by atoms with E-state index < -0.39 is 11.8 Å². The van der Waals surface area contributed by atoms with Crippen molar-refractivity contribution in [1.82, 2.24) is 0 Å². The molecule has 2 aromatic rings. The minimum Gasteiger partial charge on any atom is -0.497 e. The zero-order chi connectivity index (χ0) is 14.7. The summed E-state index contributed by atoms with van der Waals surface area (Å²) in [6.07, 6.45) is 0. The number of ether oxygens (including phenoxy) is 2. The van der Waals surface area contributed by atoms with Gasteiger partial charge in [-0.2, -0.15) is 0 Å². The molecule has 5 heteroatoms. The number of rotatable bonds is 4. The molecule has 0 radical (unpaired) electrons. The summed E-state index contributed by atoms with van der Waals surface area (Å²) in [6.45, 7) is 0. The van der Waals surface area contributed by atoms with Crippen molar-refractivity contribution >= 4 is 5.97 Å². The zero-order valence-corrected chi connectivity index (χ0v) is 11.0. The first kappa shape index (κ1) is 13.9. The first-order valence-corrected chi connectivity index (χ1v) is 5.82. The van der Waals surface area contributed by atoms with Gasteiger partial charge < -0.3 is 14.6 Å². The molecule has 2 rings (SSSR count). The summed E-state index contributed by atoms with van der Waals surface area (Å²) in [5.74, 6) is -0.940. The molecule has 0 aliphatic rings. The Kier molecular flexibility index (Phi) is 3.89. The minimum absolute atomic E-state index is 0.382. The van der Waals surface area contributed by atoms with Crippen LogP contribution in [0.3, 0.4) is 0 Å². The fraction of sp³-hybridized carbons (Fsp3) is 0.133.